The summed E-state index contributed by atoms with van der Waals surface area (Å²) in [5.74, 6) is 0.116. The molecule has 0 radical (unpaired) electrons. The minimum atomic E-state index is -1.89. The second-order valence-corrected chi connectivity index (χ2v) is 9.22. The number of carbonyl (C=O) groups excluding carboxylic acids is 1. The first-order valence-corrected chi connectivity index (χ1v) is 12.1. The van der Waals surface area contributed by atoms with E-state index in [9.17, 15) is 9.90 Å². The number of halogens is 2. The van der Waals surface area contributed by atoms with E-state index in [1.54, 1.807) is 37.3 Å². The SMILES string of the molecule is COC(=O)C(C)NP(OCC1OC(n2ccc3c(N)nc(Cl)nc32)C(F)C1O)Oc1ccccc1. The Kier molecular flexibility index (Phi) is 8.00. The normalized spacial score (nSPS) is 23.8. The lowest BCUT2D eigenvalue weighted by Crippen LogP contribution is -2.35. The smallest absolute Gasteiger partial charge is 0.323 e. The third-order valence-corrected chi connectivity index (χ3v) is 6.81. The van der Waals surface area contributed by atoms with E-state index in [-0.39, 0.29) is 23.4 Å². The van der Waals surface area contributed by atoms with Gasteiger partial charge in [0.2, 0.25) is 5.28 Å². The van der Waals surface area contributed by atoms with Crippen molar-refractivity contribution in [3.8, 4) is 5.75 Å². The summed E-state index contributed by atoms with van der Waals surface area (Å²) in [4.78, 5) is 19.8. The molecule has 4 rings (SSSR count). The summed E-state index contributed by atoms with van der Waals surface area (Å²) in [6.45, 7) is 1.36. The molecule has 0 aliphatic carbocycles. The minimum absolute atomic E-state index is 0.0988. The van der Waals surface area contributed by atoms with Gasteiger partial charge in [-0.15, -0.1) is 0 Å². The van der Waals surface area contributed by atoms with Crippen LogP contribution in [0.5, 0.6) is 5.75 Å². The molecule has 0 spiro atoms. The number of para-hydroxylation sites is 1. The van der Waals surface area contributed by atoms with Gasteiger partial charge in [0.25, 0.3) is 0 Å². The molecule has 1 saturated heterocycles. The van der Waals surface area contributed by atoms with Crippen molar-refractivity contribution >= 4 is 42.9 Å². The molecule has 2 aromatic heterocycles. The maximum Gasteiger partial charge on any atom is 0.323 e. The Labute approximate surface area is 206 Å². The van der Waals surface area contributed by atoms with Gasteiger partial charge in [0.05, 0.1) is 19.1 Å². The van der Waals surface area contributed by atoms with E-state index >= 15 is 4.39 Å². The molecule has 0 amide bonds. The molecule has 4 N–H and O–H groups in total. The minimum Gasteiger partial charge on any atom is -0.468 e. The highest BCUT2D eigenvalue weighted by Gasteiger charge is 2.46. The van der Waals surface area contributed by atoms with Crippen molar-refractivity contribution < 1.29 is 32.8 Å². The van der Waals surface area contributed by atoms with Gasteiger partial charge in [-0.25, -0.2) is 14.5 Å². The molecule has 1 aliphatic rings. The van der Waals surface area contributed by atoms with Gasteiger partial charge in [0, 0.05) is 6.20 Å². The molecule has 6 atom stereocenters. The molecule has 6 unspecified atom stereocenters. The molecule has 3 heterocycles. The average Bonchev–Trinajstić information content (AvgIpc) is 3.38. The van der Waals surface area contributed by atoms with Gasteiger partial charge in [-0.2, -0.15) is 4.98 Å². The fraction of sp³-hybridized carbons (Fsp3) is 0.381. The lowest BCUT2D eigenvalue weighted by atomic mass is 10.1. The van der Waals surface area contributed by atoms with Crippen LogP contribution in [0.2, 0.25) is 5.28 Å². The van der Waals surface area contributed by atoms with Crippen LogP contribution in [-0.4, -0.2) is 63.7 Å². The number of alkyl halides is 1. The third kappa shape index (κ3) is 5.64. The van der Waals surface area contributed by atoms with Gasteiger partial charge in [-0.1, -0.05) is 18.2 Å². The standard InChI is InChI=1S/C21H24ClFN5O6P/c1-11(20(30)31-2)27-35(34-12-6-4-3-5-7-12)32-10-14-16(29)15(23)19(33-14)28-9-8-13-17(24)25-21(22)26-18(13)28/h3-9,11,14-16,19,27,29H,10H2,1-2H3,(H2,24,25,26). The number of nitrogens with two attached hydrogens (primary N) is 1. The van der Waals surface area contributed by atoms with E-state index in [2.05, 4.69) is 15.1 Å². The zero-order valence-electron chi connectivity index (χ0n) is 18.7. The predicted octanol–water partition coefficient (Wildman–Crippen LogP) is 2.74. The first kappa shape index (κ1) is 25.5. The number of anilines is 1. The number of aromatic nitrogens is 3. The van der Waals surface area contributed by atoms with Gasteiger partial charge < -0.3 is 33.9 Å². The number of fused-ring (bicyclic) bond motifs is 1. The topological polar surface area (TPSA) is 143 Å². The molecule has 188 valence electrons. The van der Waals surface area contributed by atoms with Gasteiger partial charge in [0.15, 0.2) is 12.4 Å². The van der Waals surface area contributed by atoms with Crippen molar-refractivity contribution in [3.05, 3.63) is 47.9 Å². The van der Waals surface area contributed by atoms with Crippen LogP contribution in [0, 0.1) is 0 Å². The van der Waals surface area contributed by atoms with Crippen molar-refractivity contribution in [2.45, 2.75) is 37.6 Å². The Morgan fingerprint density at radius 1 is 1.37 bits per heavy atom. The molecule has 35 heavy (non-hydrogen) atoms. The lowest BCUT2D eigenvalue weighted by molar-refractivity contribution is -0.142. The number of benzene rings is 1. The van der Waals surface area contributed by atoms with E-state index in [1.807, 2.05) is 6.07 Å². The number of methoxy groups -OCH3 is 1. The van der Waals surface area contributed by atoms with Crippen molar-refractivity contribution in [2.24, 2.45) is 0 Å². The Morgan fingerprint density at radius 3 is 2.83 bits per heavy atom. The fourth-order valence-corrected chi connectivity index (χ4v) is 4.86. The number of hydrogen-bond acceptors (Lipinski definition) is 10. The second-order valence-electron chi connectivity index (χ2n) is 7.67. The highest BCUT2D eigenvalue weighted by molar-refractivity contribution is 7.45. The zero-order valence-corrected chi connectivity index (χ0v) is 20.4. The molecule has 1 fully saturated rings. The number of ether oxygens (including phenoxy) is 2. The number of nitrogens with one attached hydrogen (secondary N) is 1. The average molecular weight is 528 g/mol. The highest BCUT2D eigenvalue weighted by atomic mass is 35.5. The number of aliphatic hydroxyl groups excluding tert-OH is 1. The Morgan fingerprint density at radius 2 is 2.11 bits per heavy atom. The lowest BCUT2D eigenvalue weighted by Gasteiger charge is -2.23. The van der Waals surface area contributed by atoms with Crippen LogP contribution in [-0.2, 0) is 18.8 Å². The maximum atomic E-state index is 15.1. The molecular formula is C21H24ClFN5O6P. The van der Waals surface area contributed by atoms with Crippen molar-refractivity contribution in [2.75, 3.05) is 19.5 Å². The van der Waals surface area contributed by atoms with Gasteiger partial charge in [0.1, 0.15) is 35.5 Å². The van der Waals surface area contributed by atoms with E-state index < -0.39 is 45.1 Å². The third-order valence-electron chi connectivity index (χ3n) is 5.28. The molecule has 11 nitrogen and oxygen atoms in total. The van der Waals surface area contributed by atoms with Crippen LogP contribution in [0.1, 0.15) is 13.2 Å². The van der Waals surface area contributed by atoms with Crippen molar-refractivity contribution in [1.29, 1.82) is 0 Å². The second kappa shape index (κ2) is 11.0. The van der Waals surface area contributed by atoms with Crippen LogP contribution in [0.25, 0.3) is 11.0 Å². The summed E-state index contributed by atoms with van der Waals surface area (Å²) in [6.07, 6.45) is -4.01. The number of rotatable bonds is 9. The molecule has 0 saturated carbocycles. The zero-order chi connectivity index (χ0) is 25.1. The summed E-state index contributed by atoms with van der Waals surface area (Å²) in [6, 6.07) is 9.67. The molecule has 14 heteroatoms. The number of esters is 1. The predicted molar refractivity (Wildman–Crippen MR) is 126 cm³/mol. The van der Waals surface area contributed by atoms with Crippen LogP contribution in [0.15, 0.2) is 42.6 Å². The van der Waals surface area contributed by atoms with Crippen LogP contribution in [0.3, 0.4) is 0 Å². The number of hydrogen-bond donors (Lipinski definition) is 3. The maximum absolute atomic E-state index is 15.1. The number of nitrogen functional groups attached to an aromatic ring is 1. The molecule has 3 aromatic rings. The number of carbonyl (C=O) groups is 1. The van der Waals surface area contributed by atoms with E-state index in [0.29, 0.717) is 11.1 Å². The summed E-state index contributed by atoms with van der Waals surface area (Å²) in [5, 5.41) is 13.8. The summed E-state index contributed by atoms with van der Waals surface area (Å²) < 4.78 is 38.6. The highest BCUT2D eigenvalue weighted by Crippen LogP contribution is 2.40. The van der Waals surface area contributed by atoms with Gasteiger partial charge in [-0.05, 0) is 36.7 Å². The van der Waals surface area contributed by atoms with Crippen LogP contribution < -0.4 is 15.3 Å². The summed E-state index contributed by atoms with van der Waals surface area (Å²) in [5.41, 5.74) is 6.14. The van der Waals surface area contributed by atoms with Gasteiger partial charge >= 0.3 is 14.5 Å². The largest absolute Gasteiger partial charge is 0.468 e. The first-order valence-electron chi connectivity index (χ1n) is 10.6. The Bertz CT molecular complexity index is 1170. The number of aliphatic hydroxyl groups is 1. The van der Waals surface area contributed by atoms with E-state index in [1.165, 1.54) is 17.9 Å². The first-order chi connectivity index (χ1) is 16.8. The molecule has 1 aliphatic heterocycles. The van der Waals surface area contributed by atoms with Gasteiger partial charge in [-0.3, -0.25) is 4.79 Å². The fourth-order valence-electron chi connectivity index (χ4n) is 3.50. The monoisotopic (exact) mass is 527 g/mol. The van der Waals surface area contributed by atoms with Crippen molar-refractivity contribution in [3.63, 3.8) is 0 Å². The summed E-state index contributed by atoms with van der Waals surface area (Å²) >= 11 is 5.91. The van der Waals surface area contributed by atoms with E-state index in [4.69, 9.17) is 35.9 Å². The van der Waals surface area contributed by atoms with Crippen LogP contribution in [0.4, 0.5) is 10.2 Å². The quantitative estimate of drug-likeness (QED) is 0.216. The van der Waals surface area contributed by atoms with E-state index in [0.717, 1.165) is 0 Å². The Hall–Kier alpha value is -2.60. The molecule has 1 aromatic carbocycles. The molecular weight excluding hydrogens is 504 g/mol. The Balaban J connectivity index is 1.48. The summed E-state index contributed by atoms with van der Waals surface area (Å²) in [7, 11) is -0.619. The van der Waals surface area contributed by atoms with Crippen molar-refractivity contribution in [1.82, 2.24) is 19.6 Å². The molecule has 0 bridgehead atoms. The van der Waals surface area contributed by atoms with Crippen LogP contribution >= 0.6 is 20.1 Å². The number of nitrogens with zero attached hydrogens (tertiary/aromatic N) is 3.